The molecule has 1 aliphatic heterocycles. The number of carbonyl (C=O) groups excluding carboxylic acids is 1. The van der Waals surface area contributed by atoms with E-state index in [9.17, 15) is 4.79 Å². The molecule has 1 aromatic rings. The molecule has 0 atom stereocenters. The van der Waals surface area contributed by atoms with E-state index in [2.05, 4.69) is 10.6 Å². The molecule has 5 nitrogen and oxygen atoms in total. The van der Waals surface area contributed by atoms with E-state index in [1.807, 2.05) is 32.0 Å². The van der Waals surface area contributed by atoms with Crippen LogP contribution in [-0.2, 0) is 4.79 Å². The zero-order valence-electron chi connectivity index (χ0n) is 11.4. The van der Waals surface area contributed by atoms with Crippen LogP contribution in [0.2, 0.25) is 0 Å². The Balaban J connectivity index is 1.94. The summed E-state index contributed by atoms with van der Waals surface area (Å²) in [4.78, 5) is 11.5. The summed E-state index contributed by atoms with van der Waals surface area (Å²) in [5.41, 5.74) is 0.850. The van der Waals surface area contributed by atoms with Gasteiger partial charge >= 0.3 is 0 Å². The first kappa shape index (κ1) is 13.5. The van der Waals surface area contributed by atoms with Crippen LogP contribution in [0.5, 0.6) is 11.5 Å². The zero-order chi connectivity index (χ0) is 13.7. The zero-order valence-corrected chi connectivity index (χ0v) is 11.4. The second kappa shape index (κ2) is 6.31. The lowest BCUT2D eigenvalue weighted by molar-refractivity contribution is -0.119. The van der Waals surface area contributed by atoms with Gasteiger partial charge in [-0.25, -0.2) is 0 Å². The van der Waals surface area contributed by atoms with Crippen LogP contribution in [0.25, 0.3) is 0 Å². The van der Waals surface area contributed by atoms with Crippen molar-refractivity contribution in [2.75, 3.05) is 25.1 Å². The normalized spacial score (nSPS) is 13.8. The van der Waals surface area contributed by atoms with E-state index in [4.69, 9.17) is 9.47 Å². The van der Waals surface area contributed by atoms with Crippen molar-refractivity contribution in [3.8, 4) is 11.5 Å². The fourth-order valence-electron chi connectivity index (χ4n) is 1.83. The van der Waals surface area contributed by atoms with Crippen LogP contribution in [0.1, 0.15) is 20.3 Å². The van der Waals surface area contributed by atoms with E-state index >= 15 is 0 Å². The van der Waals surface area contributed by atoms with Crippen molar-refractivity contribution >= 4 is 11.6 Å². The Kier molecular flexibility index (Phi) is 4.49. The van der Waals surface area contributed by atoms with Crippen molar-refractivity contribution in [3.63, 3.8) is 0 Å². The van der Waals surface area contributed by atoms with Gasteiger partial charge in [-0.3, -0.25) is 4.79 Å². The smallest absolute Gasteiger partial charge is 0.239 e. The van der Waals surface area contributed by atoms with Gasteiger partial charge in [-0.2, -0.15) is 0 Å². The SMILES string of the molecule is CC(C)NC(=O)CNc1ccc2c(c1)OCCCO2. The highest BCUT2D eigenvalue weighted by Gasteiger charge is 2.11. The minimum atomic E-state index is -0.0258. The third kappa shape index (κ3) is 4.05. The van der Waals surface area contributed by atoms with Crippen molar-refractivity contribution in [2.24, 2.45) is 0 Å². The number of hydrogen-bond acceptors (Lipinski definition) is 4. The monoisotopic (exact) mass is 264 g/mol. The molecule has 0 saturated carbocycles. The lowest BCUT2D eigenvalue weighted by atomic mass is 10.2. The maximum Gasteiger partial charge on any atom is 0.239 e. The molecule has 0 fully saturated rings. The molecule has 1 aromatic carbocycles. The molecule has 0 radical (unpaired) electrons. The summed E-state index contributed by atoms with van der Waals surface area (Å²) in [5.74, 6) is 1.46. The van der Waals surface area contributed by atoms with Crippen LogP contribution >= 0.6 is 0 Å². The topological polar surface area (TPSA) is 59.6 Å². The van der Waals surface area contributed by atoms with Crippen LogP contribution in [-0.4, -0.2) is 31.7 Å². The number of ether oxygens (including phenoxy) is 2. The molecular formula is C14H20N2O3. The standard InChI is InChI=1S/C14H20N2O3/c1-10(2)16-14(17)9-15-11-4-5-12-13(8-11)19-7-3-6-18-12/h4-5,8,10,15H,3,6-7,9H2,1-2H3,(H,16,17). The van der Waals surface area contributed by atoms with Crippen molar-refractivity contribution in [2.45, 2.75) is 26.3 Å². The molecule has 0 bridgehead atoms. The Hall–Kier alpha value is -1.91. The van der Waals surface area contributed by atoms with Gasteiger partial charge in [0.2, 0.25) is 5.91 Å². The Bertz CT molecular complexity index is 446. The molecule has 2 N–H and O–H groups in total. The number of hydrogen-bond donors (Lipinski definition) is 2. The van der Waals surface area contributed by atoms with Gasteiger partial charge in [0.15, 0.2) is 11.5 Å². The predicted molar refractivity (Wildman–Crippen MR) is 73.8 cm³/mol. The van der Waals surface area contributed by atoms with E-state index in [0.717, 1.165) is 23.6 Å². The van der Waals surface area contributed by atoms with Crippen LogP contribution in [0, 0.1) is 0 Å². The van der Waals surface area contributed by atoms with Crippen molar-refractivity contribution < 1.29 is 14.3 Å². The Labute approximate surface area is 113 Å². The minimum Gasteiger partial charge on any atom is -0.490 e. The van der Waals surface area contributed by atoms with Crippen molar-refractivity contribution in [1.29, 1.82) is 0 Å². The van der Waals surface area contributed by atoms with Crippen molar-refractivity contribution in [1.82, 2.24) is 5.32 Å². The molecule has 1 heterocycles. The molecular weight excluding hydrogens is 244 g/mol. The molecule has 0 aromatic heterocycles. The molecule has 5 heteroatoms. The van der Waals surface area contributed by atoms with Gasteiger partial charge in [0.25, 0.3) is 0 Å². The Morgan fingerprint density at radius 2 is 2.00 bits per heavy atom. The minimum absolute atomic E-state index is 0.0258. The second-order valence-electron chi connectivity index (χ2n) is 4.79. The molecule has 1 aliphatic rings. The summed E-state index contributed by atoms with van der Waals surface area (Å²) in [6.45, 7) is 5.45. The largest absolute Gasteiger partial charge is 0.490 e. The van der Waals surface area contributed by atoms with E-state index in [0.29, 0.717) is 13.2 Å². The maximum atomic E-state index is 11.5. The quantitative estimate of drug-likeness (QED) is 0.870. The van der Waals surface area contributed by atoms with E-state index in [1.54, 1.807) is 0 Å². The second-order valence-corrected chi connectivity index (χ2v) is 4.79. The molecule has 0 saturated heterocycles. The summed E-state index contributed by atoms with van der Waals surface area (Å²) in [6, 6.07) is 5.76. The van der Waals surface area contributed by atoms with Gasteiger partial charge < -0.3 is 20.1 Å². The van der Waals surface area contributed by atoms with Crippen LogP contribution in [0.3, 0.4) is 0 Å². The fraction of sp³-hybridized carbons (Fsp3) is 0.500. The average molecular weight is 264 g/mol. The highest BCUT2D eigenvalue weighted by molar-refractivity contribution is 5.81. The van der Waals surface area contributed by atoms with Gasteiger partial charge in [0.05, 0.1) is 19.8 Å². The number of carbonyl (C=O) groups is 1. The number of anilines is 1. The molecule has 2 rings (SSSR count). The highest BCUT2D eigenvalue weighted by Crippen LogP contribution is 2.32. The van der Waals surface area contributed by atoms with Crippen molar-refractivity contribution in [3.05, 3.63) is 18.2 Å². The highest BCUT2D eigenvalue weighted by atomic mass is 16.5. The summed E-state index contributed by atoms with van der Waals surface area (Å²) in [5, 5.41) is 5.90. The summed E-state index contributed by atoms with van der Waals surface area (Å²) in [7, 11) is 0. The predicted octanol–water partition coefficient (Wildman–Crippen LogP) is 1.78. The van der Waals surface area contributed by atoms with Gasteiger partial charge in [0, 0.05) is 24.2 Å². The van der Waals surface area contributed by atoms with E-state index < -0.39 is 0 Å². The third-order valence-corrected chi connectivity index (χ3v) is 2.65. The number of fused-ring (bicyclic) bond motifs is 1. The molecule has 0 unspecified atom stereocenters. The molecule has 104 valence electrons. The van der Waals surface area contributed by atoms with Gasteiger partial charge in [-0.05, 0) is 26.0 Å². The van der Waals surface area contributed by atoms with E-state index in [1.165, 1.54) is 0 Å². The number of rotatable bonds is 4. The van der Waals surface area contributed by atoms with Crippen LogP contribution in [0.15, 0.2) is 18.2 Å². The molecule has 1 amide bonds. The lowest BCUT2D eigenvalue weighted by Gasteiger charge is -2.12. The molecule has 19 heavy (non-hydrogen) atoms. The summed E-state index contributed by atoms with van der Waals surface area (Å²) < 4.78 is 11.1. The van der Waals surface area contributed by atoms with Crippen LogP contribution < -0.4 is 20.1 Å². The summed E-state index contributed by atoms with van der Waals surface area (Å²) >= 11 is 0. The van der Waals surface area contributed by atoms with Gasteiger partial charge in [-0.1, -0.05) is 0 Å². The maximum absolute atomic E-state index is 11.5. The van der Waals surface area contributed by atoms with E-state index in [-0.39, 0.29) is 18.5 Å². The number of nitrogens with one attached hydrogen (secondary N) is 2. The third-order valence-electron chi connectivity index (χ3n) is 2.65. The first-order valence-electron chi connectivity index (χ1n) is 6.58. The Morgan fingerprint density at radius 1 is 1.26 bits per heavy atom. The van der Waals surface area contributed by atoms with Crippen LogP contribution in [0.4, 0.5) is 5.69 Å². The average Bonchev–Trinajstić information content (AvgIpc) is 2.60. The molecule has 0 spiro atoms. The van der Waals surface area contributed by atoms with Gasteiger partial charge in [-0.15, -0.1) is 0 Å². The number of amides is 1. The number of benzene rings is 1. The summed E-state index contributed by atoms with van der Waals surface area (Å²) in [6.07, 6.45) is 0.883. The van der Waals surface area contributed by atoms with Gasteiger partial charge in [0.1, 0.15) is 0 Å². The first-order valence-corrected chi connectivity index (χ1v) is 6.58. The first-order chi connectivity index (χ1) is 9.15. The molecule has 0 aliphatic carbocycles. The fourth-order valence-corrected chi connectivity index (χ4v) is 1.83. The lowest BCUT2D eigenvalue weighted by Crippen LogP contribution is -2.34. The Morgan fingerprint density at radius 3 is 2.74 bits per heavy atom.